The highest BCUT2D eigenvalue weighted by Crippen LogP contribution is 2.28. The quantitative estimate of drug-likeness (QED) is 0.740. The minimum absolute atomic E-state index is 0.608. The second-order valence-electron chi connectivity index (χ2n) is 4.63. The SMILES string of the molecule is CCNC(CSc1ccccc1Br)CC(C)C. The van der Waals surface area contributed by atoms with Crippen molar-refractivity contribution in [2.75, 3.05) is 12.3 Å². The summed E-state index contributed by atoms with van der Waals surface area (Å²) in [7, 11) is 0. The lowest BCUT2D eigenvalue weighted by Gasteiger charge is -2.19. The molecular formula is C14H22BrNS. The third-order valence-corrected chi connectivity index (χ3v) is 4.72. The van der Waals surface area contributed by atoms with Gasteiger partial charge in [0.2, 0.25) is 0 Å². The fourth-order valence-electron chi connectivity index (χ4n) is 1.82. The summed E-state index contributed by atoms with van der Waals surface area (Å²) < 4.78 is 1.20. The standard InChI is InChI=1S/C14H22BrNS/c1-4-16-12(9-11(2)3)10-17-14-8-6-5-7-13(14)15/h5-8,11-12,16H,4,9-10H2,1-3H3. The van der Waals surface area contributed by atoms with Crippen molar-refractivity contribution >= 4 is 27.7 Å². The molecular weight excluding hydrogens is 294 g/mol. The predicted molar refractivity (Wildman–Crippen MR) is 81.8 cm³/mol. The van der Waals surface area contributed by atoms with Crippen molar-refractivity contribution < 1.29 is 0 Å². The van der Waals surface area contributed by atoms with Crippen molar-refractivity contribution in [3.05, 3.63) is 28.7 Å². The summed E-state index contributed by atoms with van der Waals surface area (Å²) in [4.78, 5) is 1.33. The normalized spacial score (nSPS) is 13.0. The topological polar surface area (TPSA) is 12.0 Å². The van der Waals surface area contributed by atoms with Crippen molar-refractivity contribution in [2.24, 2.45) is 5.92 Å². The molecule has 1 unspecified atom stereocenters. The molecule has 17 heavy (non-hydrogen) atoms. The van der Waals surface area contributed by atoms with Gasteiger partial charge in [0, 0.05) is 21.2 Å². The molecule has 0 heterocycles. The maximum Gasteiger partial charge on any atom is 0.0311 e. The van der Waals surface area contributed by atoms with Crippen molar-refractivity contribution in [3.63, 3.8) is 0 Å². The van der Waals surface area contributed by atoms with Crippen LogP contribution in [-0.2, 0) is 0 Å². The average molecular weight is 316 g/mol. The molecule has 0 aliphatic carbocycles. The van der Waals surface area contributed by atoms with E-state index in [9.17, 15) is 0 Å². The van der Waals surface area contributed by atoms with Crippen LogP contribution in [0.4, 0.5) is 0 Å². The Morgan fingerprint density at radius 1 is 1.29 bits per heavy atom. The lowest BCUT2D eigenvalue weighted by atomic mass is 10.1. The van der Waals surface area contributed by atoms with Crippen molar-refractivity contribution in [2.45, 2.75) is 38.1 Å². The molecule has 1 N–H and O–H groups in total. The maximum atomic E-state index is 3.59. The molecule has 1 rings (SSSR count). The van der Waals surface area contributed by atoms with E-state index in [2.05, 4.69) is 66.3 Å². The number of hydrogen-bond donors (Lipinski definition) is 1. The highest BCUT2D eigenvalue weighted by atomic mass is 79.9. The van der Waals surface area contributed by atoms with E-state index in [1.54, 1.807) is 0 Å². The molecule has 0 saturated carbocycles. The van der Waals surface area contributed by atoms with Crippen LogP contribution < -0.4 is 5.32 Å². The van der Waals surface area contributed by atoms with Gasteiger partial charge in [-0.1, -0.05) is 32.9 Å². The zero-order valence-corrected chi connectivity index (χ0v) is 13.3. The number of benzene rings is 1. The molecule has 0 bridgehead atoms. The molecule has 1 aromatic carbocycles. The van der Waals surface area contributed by atoms with E-state index in [0.717, 1.165) is 18.2 Å². The number of halogens is 1. The summed E-state index contributed by atoms with van der Waals surface area (Å²) in [6, 6.07) is 9.04. The Morgan fingerprint density at radius 3 is 2.59 bits per heavy atom. The lowest BCUT2D eigenvalue weighted by Crippen LogP contribution is -2.32. The first-order chi connectivity index (χ1) is 8.13. The van der Waals surface area contributed by atoms with Crippen molar-refractivity contribution in [3.8, 4) is 0 Å². The van der Waals surface area contributed by atoms with Crippen LogP contribution in [0, 0.1) is 5.92 Å². The molecule has 0 radical (unpaired) electrons. The molecule has 1 atom stereocenters. The Kier molecular flexibility index (Phi) is 7.24. The highest BCUT2D eigenvalue weighted by Gasteiger charge is 2.10. The first-order valence-corrected chi connectivity index (χ1v) is 8.02. The summed E-state index contributed by atoms with van der Waals surface area (Å²) in [5.41, 5.74) is 0. The van der Waals surface area contributed by atoms with Crippen LogP contribution >= 0.6 is 27.7 Å². The van der Waals surface area contributed by atoms with Crippen LogP contribution in [-0.4, -0.2) is 18.3 Å². The summed E-state index contributed by atoms with van der Waals surface area (Å²) in [6.07, 6.45) is 1.24. The van der Waals surface area contributed by atoms with Gasteiger partial charge in [-0.15, -0.1) is 11.8 Å². The molecule has 1 aromatic rings. The maximum absolute atomic E-state index is 3.59. The van der Waals surface area contributed by atoms with E-state index in [-0.39, 0.29) is 0 Å². The van der Waals surface area contributed by atoms with Crippen molar-refractivity contribution in [1.82, 2.24) is 5.32 Å². The fraction of sp³-hybridized carbons (Fsp3) is 0.571. The Bertz CT molecular complexity index is 328. The molecule has 0 spiro atoms. The van der Waals surface area contributed by atoms with Gasteiger partial charge in [-0.3, -0.25) is 0 Å². The van der Waals surface area contributed by atoms with E-state index in [0.29, 0.717) is 6.04 Å². The molecule has 0 saturated heterocycles. The molecule has 0 fully saturated rings. The molecule has 3 heteroatoms. The molecule has 96 valence electrons. The number of rotatable bonds is 7. The van der Waals surface area contributed by atoms with Gasteiger partial charge in [-0.2, -0.15) is 0 Å². The predicted octanol–water partition coefficient (Wildman–Crippen LogP) is 4.57. The van der Waals surface area contributed by atoms with Crippen molar-refractivity contribution in [1.29, 1.82) is 0 Å². The minimum atomic E-state index is 0.608. The van der Waals surface area contributed by atoms with Gasteiger partial charge in [0.05, 0.1) is 0 Å². The van der Waals surface area contributed by atoms with Gasteiger partial charge in [0.25, 0.3) is 0 Å². The van der Waals surface area contributed by atoms with E-state index in [4.69, 9.17) is 0 Å². The van der Waals surface area contributed by atoms with E-state index in [1.807, 2.05) is 11.8 Å². The Balaban J connectivity index is 2.48. The van der Waals surface area contributed by atoms with Gasteiger partial charge < -0.3 is 5.32 Å². The first kappa shape index (κ1) is 15.1. The Labute approximate surface area is 118 Å². The van der Waals surface area contributed by atoms with Crippen LogP contribution in [0.25, 0.3) is 0 Å². The third kappa shape index (κ3) is 5.94. The molecule has 0 aliphatic heterocycles. The van der Waals surface area contributed by atoms with E-state index >= 15 is 0 Å². The zero-order valence-electron chi connectivity index (χ0n) is 10.9. The van der Waals surface area contributed by atoms with Crippen LogP contribution in [0.2, 0.25) is 0 Å². The Hall–Kier alpha value is 0.01000. The van der Waals surface area contributed by atoms with Gasteiger partial charge in [-0.25, -0.2) is 0 Å². The van der Waals surface area contributed by atoms with Gasteiger partial charge in [-0.05, 0) is 46.9 Å². The Morgan fingerprint density at radius 2 is 2.00 bits per heavy atom. The van der Waals surface area contributed by atoms with Crippen LogP contribution in [0.5, 0.6) is 0 Å². The molecule has 1 nitrogen and oxygen atoms in total. The second-order valence-corrected chi connectivity index (χ2v) is 6.54. The van der Waals surface area contributed by atoms with Gasteiger partial charge in [0.15, 0.2) is 0 Å². The molecule has 0 amide bonds. The summed E-state index contributed by atoms with van der Waals surface area (Å²) >= 11 is 5.52. The van der Waals surface area contributed by atoms with Crippen LogP contribution in [0.3, 0.4) is 0 Å². The van der Waals surface area contributed by atoms with E-state index in [1.165, 1.54) is 15.8 Å². The van der Waals surface area contributed by atoms with Gasteiger partial charge >= 0.3 is 0 Å². The molecule has 0 aliphatic rings. The fourth-order valence-corrected chi connectivity index (χ4v) is 3.46. The summed E-state index contributed by atoms with van der Waals surface area (Å²) in [6.45, 7) is 7.80. The van der Waals surface area contributed by atoms with Gasteiger partial charge in [0.1, 0.15) is 0 Å². The highest BCUT2D eigenvalue weighted by molar-refractivity contribution is 9.10. The average Bonchev–Trinajstić information content (AvgIpc) is 2.27. The van der Waals surface area contributed by atoms with E-state index < -0.39 is 0 Å². The van der Waals surface area contributed by atoms with Crippen LogP contribution in [0.1, 0.15) is 27.2 Å². The monoisotopic (exact) mass is 315 g/mol. The number of nitrogens with one attached hydrogen (secondary N) is 1. The zero-order chi connectivity index (χ0) is 12.7. The molecule has 0 aromatic heterocycles. The number of hydrogen-bond acceptors (Lipinski definition) is 2. The first-order valence-electron chi connectivity index (χ1n) is 6.24. The second kappa shape index (κ2) is 8.17. The largest absolute Gasteiger partial charge is 0.313 e. The summed E-state index contributed by atoms with van der Waals surface area (Å²) in [5.74, 6) is 1.88. The minimum Gasteiger partial charge on any atom is -0.313 e. The lowest BCUT2D eigenvalue weighted by molar-refractivity contribution is 0.456. The number of thioether (sulfide) groups is 1. The summed E-state index contributed by atoms with van der Waals surface area (Å²) in [5, 5.41) is 3.57. The van der Waals surface area contributed by atoms with Crippen LogP contribution in [0.15, 0.2) is 33.6 Å². The third-order valence-electron chi connectivity index (χ3n) is 2.53. The smallest absolute Gasteiger partial charge is 0.0311 e.